The van der Waals surface area contributed by atoms with Crippen molar-refractivity contribution in [1.82, 2.24) is 10.9 Å². The van der Waals surface area contributed by atoms with E-state index in [1.165, 1.54) is 0 Å². The highest BCUT2D eigenvalue weighted by atomic mass is 16.5. The smallest absolute Gasteiger partial charge is 0.276 e. The van der Waals surface area contributed by atoms with E-state index in [4.69, 9.17) is 4.74 Å². The van der Waals surface area contributed by atoms with Crippen molar-refractivity contribution in [2.75, 3.05) is 6.61 Å². The molecule has 3 rings (SSSR count). The van der Waals surface area contributed by atoms with Gasteiger partial charge in [0.2, 0.25) is 5.91 Å². The first-order valence-corrected chi connectivity index (χ1v) is 9.02. The number of benzene rings is 3. The van der Waals surface area contributed by atoms with Gasteiger partial charge in [-0.05, 0) is 24.1 Å². The third-order valence-corrected chi connectivity index (χ3v) is 4.16. The van der Waals surface area contributed by atoms with Gasteiger partial charge in [-0.2, -0.15) is 0 Å². The lowest BCUT2D eigenvalue weighted by atomic mass is 10.1. The van der Waals surface area contributed by atoms with E-state index in [-0.39, 0.29) is 18.9 Å². The second kappa shape index (κ2) is 9.37. The number of amides is 2. The number of hydrogen-bond donors (Lipinski definition) is 2. The summed E-state index contributed by atoms with van der Waals surface area (Å²) in [5.41, 5.74) is 8.71. The molecule has 0 saturated carbocycles. The molecule has 5 nitrogen and oxygen atoms in total. The SMILES string of the molecule is Cc1ccc(CC(=O)NNC(=O)COc2ccccc2-c2ccccc2)cc1. The molecule has 2 N–H and O–H groups in total. The normalized spacial score (nSPS) is 10.2. The molecule has 0 bridgehead atoms. The Kier molecular flexibility index (Phi) is 6.41. The fraction of sp³-hybridized carbons (Fsp3) is 0.130. The molecule has 0 heterocycles. The summed E-state index contributed by atoms with van der Waals surface area (Å²) in [6.07, 6.45) is 0.193. The van der Waals surface area contributed by atoms with Gasteiger partial charge in [0.05, 0.1) is 6.42 Å². The van der Waals surface area contributed by atoms with Crippen LogP contribution < -0.4 is 15.6 Å². The van der Waals surface area contributed by atoms with Gasteiger partial charge in [-0.15, -0.1) is 0 Å². The molecule has 2 amide bonds. The molecule has 142 valence electrons. The summed E-state index contributed by atoms with van der Waals surface area (Å²) >= 11 is 0. The molecular weight excluding hydrogens is 352 g/mol. The van der Waals surface area contributed by atoms with E-state index in [1.54, 1.807) is 0 Å². The maximum Gasteiger partial charge on any atom is 0.276 e. The maximum absolute atomic E-state index is 12.0. The van der Waals surface area contributed by atoms with Gasteiger partial charge in [0.15, 0.2) is 6.61 Å². The number of ether oxygens (including phenoxy) is 1. The Hall–Kier alpha value is -3.60. The van der Waals surface area contributed by atoms with Crippen LogP contribution in [0.5, 0.6) is 5.75 Å². The fourth-order valence-corrected chi connectivity index (χ4v) is 2.70. The highest BCUT2D eigenvalue weighted by molar-refractivity contribution is 5.84. The van der Waals surface area contributed by atoms with Crippen LogP contribution in [0.15, 0.2) is 78.9 Å². The van der Waals surface area contributed by atoms with Crippen molar-refractivity contribution >= 4 is 11.8 Å². The number of para-hydroxylation sites is 1. The van der Waals surface area contributed by atoms with Gasteiger partial charge in [-0.3, -0.25) is 20.4 Å². The Morgan fingerprint density at radius 3 is 2.18 bits per heavy atom. The van der Waals surface area contributed by atoms with Gasteiger partial charge < -0.3 is 4.74 Å². The average Bonchev–Trinajstić information content (AvgIpc) is 2.73. The van der Waals surface area contributed by atoms with Crippen molar-refractivity contribution in [2.45, 2.75) is 13.3 Å². The molecule has 0 spiro atoms. The minimum absolute atomic E-state index is 0.193. The van der Waals surface area contributed by atoms with E-state index >= 15 is 0 Å². The third kappa shape index (κ3) is 5.45. The first-order valence-electron chi connectivity index (χ1n) is 9.02. The number of rotatable bonds is 6. The molecule has 3 aromatic carbocycles. The maximum atomic E-state index is 12.0. The van der Waals surface area contributed by atoms with E-state index in [0.717, 1.165) is 22.3 Å². The van der Waals surface area contributed by atoms with Gasteiger partial charge in [-0.25, -0.2) is 0 Å². The Balaban J connectivity index is 1.50. The zero-order chi connectivity index (χ0) is 19.8. The van der Waals surface area contributed by atoms with Crippen molar-refractivity contribution in [1.29, 1.82) is 0 Å². The molecule has 0 aliphatic rings. The van der Waals surface area contributed by atoms with Gasteiger partial charge >= 0.3 is 0 Å². The highest BCUT2D eigenvalue weighted by Gasteiger charge is 2.09. The minimum atomic E-state index is -0.430. The quantitative estimate of drug-likeness (QED) is 0.650. The molecule has 0 unspecified atom stereocenters. The van der Waals surface area contributed by atoms with Crippen LogP contribution in [0.3, 0.4) is 0 Å². The predicted molar refractivity (Wildman–Crippen MR) is 109 cm³/mol. The van der Waals surface area contributed by atoms with Crippen LogP contribution >= 0.6 is 0 Å². The molecule has 0 fully saturated rings. The molecule has 0 aromatic heterocycles. The van der Waals surface area contributed by atoms with E-state index in [2.05, 4.69) is 10.9 Å². The standard InChI is InChI=1S/C23H22N2O3/c1-17-11-13-18(14-12-17)15-22(26)24-25-23(27)16-28-21-10-6-5-9-20(21)19-7-3-2-4-8-19/h2-14H,15-16H2,1H3,(H,24,26)(H,25,27). The van der Waals surface area contributed by atoms with Crippen LogP contribution in [0.25, 0.3) is 11.1 Å². The summed E-state index contributed by atoms with van der Waals surface area (Å²) < 4.78 is 5.65. The molecule has 0 saturated heterocycles. The van der Waals surface area contributed by atoms with Gasteiger partial charge in [0.25, 0.3) is 5.91 Å². The van der Waals surface area contributed by atoms with E-state index in [0.29, 0.717) is 5.75 Å². The molecule has 28 heavy (non-hydrogen) atoms. The third-order valence-electron chi connectivity index (χ3n) is 4.16. The first kappa shape index (κ1) is 19.2. The second-order valence-corrected chi connectivity index (χ2v) is 6.41. The van der Waals surface area contributed by atoms with Crippen molar-refractivity contribution in [3.8, 4) is 16.9 Å². The lowest BCUT2D eigenvalue weighted by molar-refractivity contribution is -0.129. The summed E-state index contributed by atoms with van der Waals surface area (Å²) in [5.74, 6) is -0.114. The first-order chi connectivity index (χ1) is 13.6. The van der Waals surface area contributed by atoms with E-state index < -0.39 is 5.91 Å². The van der Waals surface area contributed by atoms with Crippen molar-refractivity contribution in [3.63, 3.8) is 0 Å². The van der Waals surface area contributed by atoms with Crippen molar-refractivity contribution < 1.29 is 14.3 Å². The topological polar surface area (TPSA) is 67.4 Å². The molecule has 0 atom stereocenters. The van der Waals surface area contributed by atoms with Crippen molar-refractivity contribution in [2.24, 2.45) is 0 Å². The lowest BCUT2D eigenvalue weighted by Gasteiger charge is -2.12. The predicted octanol–water partition coefficient (Wildman–Crippen LogP) is 3.43. The monoisotopic (exact) mass is 374 g/mol. The van der Waals surface area contributed by atoms with Crippen LogP contribution in [0, 0.1) is 6.92 Å². The van der Waals surface area contributed by atoms with Gasteiger partial charge in [0, 0.05) is 5.56 Å². The van der Waals surface area contributed by atoms with E-state index in [1.807, 2.05) is 85.8 Å². The van der Waals surface area contributed by atoms with Crippen LogP contribution in [0.4, 0.5) is 0 Å². The second-order valence-electron chi connectivity index (χ2n) is 6.41. The molecule has 0 aliphatic heterocycles. The Morgan fingerprint density at radius 2 is 1.43 bits per heavy atom. The number of aryl methyl sites for hydroxylation is 1. The molecule has 0 radical (unpaired) electrons. The number of carbonyl (C=O) groups is 2. The summed E-state index contributed by atoms with van der Waals surface area (Å²) in [5, 5.41) is 0. The summed E-state index contributed by atoms with van der Waals surface area (Å²) in [6, 6.07) is 25.0. The number of hydrazine groups is 1. The van der Waals surface area contributed by atoms with Crippen LogP contribution in [-0.4, -0.2) is 18.4 Å². The van der Waals surface area contributed by atoms with Crippen molar-refractivity contribution in [3.05, 3.63) is 90.0 Å². The number of nitrogens with one attached hydrogen (secondary N) is 2. The zero-order valence-corrected chi connectivity index (χ0v) is 15.6. The number of hydrogen-bond acceptors (Lipinski definition) is 3. The minimum Gasteiger partial charge on any atom is -0.483 e. The number of carbonyl (C=O) groups excluding carboxylic acids is 2. The summed E-state index contributed by atoms with van der Waals surface area (Å²) in [7, 11) is 0. The lowest BCUT2D eigenvalue weighted by Crippen LogP contribution is -2.44. The Morgan fingerprint density at radius 1 is 0.786 bits per heavy atom. The van der Waals surface area contributed by atoms with Gasteiger partial charge in [0.1, 0.15) is 5.75 Å². The summed E-state index contributed by atoms with van der Waals surface area (Å²) in [4.78, 5) is 24.0. The van der Waals surface area contributed by atoms with Crippen LogP contribution in [0.2, 0.25) is 0 Å². The summed E-state index contributed by atoms with van der Waals surface area (Å²) in [6.45, 7) is 1.79. The molecule has 3 aromatic rings. The van der Waals surface area contributed by atoms with Gasteiger partial charge in [-0.1, -0.05) is 78.4 Å². The fourth-order valence-electron chi connectivity index (χ4n) is 2.70. The average molecular weight is 374 g/mol. The van der Waals surface area contributed by atoms with E-state index in [9.17, 15) is 9.59 Å². The molecule has 5 heteroatoms. The Labute approximate surface area is 164 Å². The largest absolute Gasteiger partial charge is 0.483 e. The van der Waals surface area contributed by atoms with Crippen LogP contribution in [0.1, 0.15) is 11.1 Å². The molecule has 0 aliphatic carbocycles. The van der Waals surface area contributed by atoms with Crippen LogP contribution in [-0.2, 0) is 16.0 Å². The molecular formula is C23H22N2O3. The Bertz CT molecular complexity index is 938. The zero-order valence-electron chi connectivity index (χ0n) is 15.6. The highest BCUT2D eigenvalue weighted by Crippen LogP contribution is 2.29.